The number of rotatable bonds is 3. The van der Waals surface area contributed by atoms with Gasteiger partial charge in [0.05, 0.1) is 6.54 Å². The molecule has 2 aromatic carbocycles. The molecule has 1 atom stereocenters. The maximum absolute atomic E-state index is 12.2. The summed E-state index contributed by atoms with van der Waals surface area (Å²) in [6.45, 7) is 0.0929. The first-order valence-electron chi connectivity index (χ1n) is 8.42. The number of nitrogens with one attached hydrogen (secondary N) is 2. The van der Waals surface area contributed by atoms with Crippen molar-refractivity contribution >= 4 is 29.3 Å². The molecule has 0 spiro atoms. The van der Waals surface area contributed by atoms with Crippen molar-refractivity contribution in [2.24, 2.45) is 0 Å². The van der Waals surface area contributed by atoms with Gasteiger partial charge in [0.2, 0.25) is 6.79 Å². The Morgan fingerprint density at radius 2 is 1.93 bits per heavy atom. The standard InChI is InChI=1S/C19H18N2O5S/c22-17(18(23)21-13-5-6-15-16(7-13)26-11-25-15)20-9-19(24)10-27-8-12-3-1-2-4-14(12)19/h1-7,24H,8-11H2,(H,20,22)(H,21,23). The van der Waals surface area contributed by atoms with E-state index in [9.17, 15) is 14.7 Å². The van der Waals surface area contributed by atoms with E-state index in [-0.39, 0.29) is 13.3 Å². The van der Waals surface area contributed by atoms with E-state index in [2.05, 4.69) is 10.6 Å². The van der Waals surface area contributed by atoms with Crippen molar-refractivity contribution in [1.29, 1.82) is 0 Å². The molecule has 3 N–H and O–H groups in total. The van der Waals surface area contributed by atoms with Crippen LogP contribution in [-0.4, -0.2) is 36.0 Å². The predicted octanol–water partition coefficient (Wildman–Crippen LogP) is 1.60. The SMILES string of the molecule is O=C(NCC1(O)CSCc2ccccc21)C(=O)Nc1ccc2c(c1)OCO2. The molecule has 1 unspecified atom stereocenters. The van der Waals surface area contributed by atoms with Gasteiger partial charge in [0, 0.05) is 23.3 Å². The highest BCUT2D eigenvalue weighted by Gasteiger charge is 2.35. The molecule has 0 saturated heterocycles. The van der Waals surface area contributed by atoms with E-state index in [4.69, 9.17) is 9.47 Å². The summed E-state index contributed by atoms with van der Waals surface area (Å²) in [5.74, 6) is 0.750. The Bertz CT molecular complexity index is 903. The van der Waals surface area contributed by atoms with Crippen molar-refractivity contribution in [3.8, 4) is 11.5 Å². The molecule has 0 aromatic heterocycles. The lowest BCUT2D eigenvalue weighted by Crippen LogP contribution is -2.47. The van der Waals surface area contributed by atoms with Crippen molar-refractivity contribution in [3.63, 3.8) is 0 Å². The molecule has 4 rings (SSSR count). The van der Waals surface area contributed by atoms with Gasteiger partial charge in [-0.05, 0) is 23.3 Å². The van der Waals surface area contributed by atoms with Crippen LogP contribution in [-0.2, 0) is 20.9 Å². The van der Waals surface area contributed by atoms with Gasteiger partial charge in [-0.3, -0.25) is 9.59 Å². The fraction of sp³-hybridized carbons (Fsp3) is 0.263. The van der Waals surface area contributed by atoms with E-state index in [1.54, 1.807) is 30.0 Å². The van der Waals surface area contributed by atoms with Gasteiger partial charge < -0.3 is 25.2 Å². The summed E-state index contributed by atoms with van der Waals surface area (Å²) in [4.78, 5) is 24.3. The van der Waals surface area contributed by atoms with Crippen molar-refractivity contribution in [2.75, 3.05) is 24.4 Å². The molecule has 2 aliphatic heterocycles. The minimum atomic E-state index is -1.20. The highest BCUT2D eigenvalue weighted by Crippen LogP contribution is 2.36. The number of anilines is 1. The number of ether oxygens (including phenoxy) is 2. The maximum Gasteiger partial charge on any atom is 0.313 e. The van der Waals surface area contributed by atoms with Crippen LogP contribution in [0, 0.1) is 0 Å². The number of hydrogen-bond donors (Lipinski definition) is 3. The molecular formula is C19H18N2O5S. The fourth-order valence-electron chi connectivity index (χ4n) is 3.12. The minimum absolute atomic E-state index is 0.0373. The largest absolute Gasteiger partial charge is 0.454 e. The molecule has 2 heterocycles. The highest BCUT2D eigenvalue weighted by atomic mass is 32.2. The minimum Gasteiger partial charge on any atom is -0.454 e. The van der Waals surface area contributed by atoms with Crippen LogP contribution in [0.25, 0.3) is 0 Å². The van der Waals surface area contributed by atoms with Crippen LogP contribution in [0.5, 0.6) is 11.5 Å². The van der Waals surface area contributed by atoms with Gasteiger partial charge in [0.1, 0.15) is 5.60 Å². The first kappa shape index (κ1) is 17.7. The zero-order chi connectivity index (χ0) is 18.9. The molecule has 0 fully saturated rings. The summed E-state index contributed by atoms with van der Waals surface area (Å²) in [6.07, 6.45) is 0. The van der Waals surface area contributed by atoms with Crippen LogP contribution < -0.4 is 20.1 Å². The third-order valence-corrected chi connectivity index (χ3v) is 5.69. The molecule has 0 bridgehead atoms. The van der Waals surface area contributed by atoms with Crippen LogP contribution in [0.4, 0.5) is 5.69 Å². The number of carbonyl (C=O) groups is 2. The summed E-state index contributed by atoms with van der Waals surface area (Å²) in [5, 5.41) is 16.0. The lowest BCUT2D eigenvalue weighted by molar-refractivity contribution is -0.136. The Kier molecular flexibility index (Phi) is 4.67. The summed E-state index contributed by atoms with van der Waals surface area (Å²) < 4.78 is 10.5. The number of carbonyl (C=O) groups excluding carboxylic acids is 2. The van der Waals surface area contributed by atoms with Crippen LogP contribution in [0.1, 0.15) is 11.1 Å². The first-order valence-corrected chi connectivity index (χ1v) is 9.58. The van der Waals surface area contributed by atoms with Gasteiger partial charge in [-0.2, -0.15) is 11.8 Å². The number of aliphatic hydroxyl groups is 1. The summed E-state index contributed by atoms with van der Waals surface area (Å²) in [7, 11) is 0. The zero-order valence-electron chi connectivity index (χ0n) is 14.4. The summed E-state index contributed by atoms with van der Waals surface area (Å²) in [5.41, 5.74) is 1.06. The van der Waals surface area contributed by atoms with Crippen LogP contribution >= 0.6 is 11.8 Å². The number of fused-ring (bicyclic) bond motifs is 2. The van der Waals surface area contributed by atoms with Gasteiger partial charge in [0.25, 0.3) is 0 Å². The van der Waals surface area contributed by atoms with Crippen LogP contribution in [0.15, 0.2) is 42.5 Å². The molecule has 27 heavy (non-hydrogen) atoms. The Morgan fingerprint density at radius 1 is 1.11 bits per heavy atom. The number of hydrogen-bond acceptors (Lipinski definition) is 6. The molecule has 0 saturated carbocycles. The Hall–Kier alpha value is -2.71. The lowest BCUT2D eigenvalue weighted by Gasteiger charge is -2.34. The van der Waals surface area contributed by atoms with Crippen molar-refractivity contribution in [1.82, 2.24) is 5.32 Å². The van der Waals surface area contributed by atoms with Gasteiger partial charge in [-0.1, -0.05) is 24.3 Å². The van der Waals surface area contributed by atoms with Crippen LogP contribution in [0.2, 0.25) is 0 Å². The van der Waals surface area contributed by atoms with Crippen molar-refractivity contribution in [2.45, 2.75) is 11.4 Å². The molecule has 140 valence electrons. The van der Waals surface area contributed by atoms with E-state index in [0.717, 1.165) is 16.9 Å². The Balaban J connectivity index is 1.39. The monoisotopic (exact) mass is 386 g/mol. The highest BCUT2D eigenvalue weighted by molar-refractivity contribution is 7.98. The zero-order valence-corrected chi connectivity index (χ0v) is 15.2. The quantitative estimate of drug-likeness (QED) is 0.694. The second-order valence-corrected chi connectivity index (χ2v) is 7.37. The lowest BCUT2D eigenvalue weighted by atomic mass is 9.91. The van der Waals surface area contributed by atoms with Gasteiger partial charge >= 0.3 is 11.8 Å². The smallest absolute Gasteiger partial charge is 0.313 e. The third-order valence-electron chi connectivity index (χ3n) is 4.50. The Morgan fingerprint density at radius 3 is 2.81 bits per heavy atom. The van der Waals surface area contributed by atoms with E-state index in [1.165, 1.54) is 0 Å². The average molecular weight is 386 g/mol. The molecule has 0 aliphatic carbocycles. The summed E-state index contributed by atoms with van der Waals surface area (Å²) >= 11 is 1.59. The number of benzene rings is 2. The van der Waals surface area contributed by atoms with Crippen molar-refractivity contribution < 1.29 is 24.2 Å². The fourth-order valence-corrected chi connectivity index (χ4v) is 4.29. The van der Waals surface area contributed by atoms with Gasteiger partial charge in [-0.15, -0.1) is 0 Å². The Labute approximate surface area is 160 Å². The van der Waals surface area contributed by atoms with E-state index >= 15 is 0 Å². The second-order valence-electron chi connectivity index (χ2n) is 6.39. The van der Waals surface area contributed by atoms with E-state index in [1.807, 2.05) is 24.3 Å². The second kappa shape index (κ2) is 7.13. The maximum atomic E-state index is 12.2. The molecule has 2 aliphatic rings. The molecule has 2 aromatic rings. The van der Waals surface area contributed by atoms with E-state index in [0.29, 0.717) is 22.9 Å². The van der Waals surface area contributed by atoms with E-state index < -0.39 is 17.4 Å². The summed E-state index contributed by atoms with van der Waals surface area (Å²) in [6, 6.07) is 12.5. The van der Waals surface area contributed by atoms with Gasteiger partial charge in [0.15, 0.2) is 11.5 Å². The molecule has 0 radical (unpaired) electrons. The normalized spacial score (nSPS) is 19.9. The molecular weight excluding hydrogens is 368 g/mol. The molecule has 2 amide bonds. The van der Waals surface area contributed by atoms with Gasteiger partial charge in [-0.25, -0.2) is 0 Å². The molecule has 8 heteroatoms. The van der Waals surface area contributed by atoms with Crippen LogP contribution in [0.3, 0.4) is 0 Å². The first-order chi connectivity index (χ1) is 13.0. The number of thioether (sulfide) groups is 1. The van der Waals surface area contributed by atoms with Crippen molar-refractivity contribution in [3.05, 3.63) is 53.6 Å². The molecule has 7 nitrogen and oxygen atoms in total. The number of amides is 2. The topological polar surface area (TPSA) is 96.9 Å². The third kappa shape index (κ3) is 3.58. The average Bonchev–Trinajstić information content (AvgIpc) is 3.14. The predicted molar refractivity (Wildman–Crippen MR) is 101 cm³/mol.